The minimum absolute atomic E-state index is 0.0164. The first-order valence-electron chi connectivity index (χ1n) is 9.07. The fourth-order valence-corrected chi connectivity index (χ4v) is 4.01. The Bertz CT molecular complexity index is 1160. The maximum absolute atomic E-state index is 13.5. The number of rotatable bonds is 3. The lowest BCUT2D eigenvalue weighted by Gasteiger charge is -2.29. The number of anilines is 1. The van der Waals surface area contributed by atoms with Crippen molar-refractivity contribution in [2.24, 2.45) is 0 Å². The first-order chi connectivity index (χ1) is 14.2. The zero-order valence-electron chi connectivity index (χ0n) is 15.6. The maximum atomic E-state index is 13.5. The molecule has 1 aliphatic heterocycles. The van der Waals surface area contributed by atoms with Gasteiger partial charge in [0.05, 0.1) is 35.4 Å². The zero-order chi connectivity index (χ0) is 21.6. The third kappa shape index (κ3) is 3.55. The highest BCUT2D eigenvalue weighted by molar-refractivity contribution is 6.33. The van der Waals surface area contributed by atoms with Crippen LogP contribution in [0.2, 0.25) is 5.02 Å². The molecule has 0 bridgehead atoms. The molecule has 0 spiro atoms. The van der Waals surface area contributed by atoms with Gasteiger partial charge in [-0.05, 0) is 24.1 Å². The van der Waals surface area contributed by atoms with Gasteiger partial charge < -0.3 is 4.90 Å². The standard InChI is InChI=1S/C19H16ClF4N5O/c1-9(11-3-2-10(21)6-13(11)19(22,23)24)17-12-4-5-29(8-14(12)26-27-17)15-7-25-28-18(30)16(15)20/h2-3,6-7,9H,4-5,8H2,1H3,(H,26,27)(H,28,30)/t9-/m0/s1. The lowest BCUT2D eigenvalue weighted by molar-refractivity contribution is -0.138. The second-order valence-electron chi connectivity index (χ2n) is 7.09. The molecule has 1 aromatic carbocycles. The van der Waals surface area contributed by atoms with Crippen molar-refractivity contribution in [2.45, 2.75) is 32.0 Å². The monoisotopic (exact) mass is 441 g/mol. The lowest BCUT2D eigenvalue weighted by atomic mass is 9.88. The molecule has 0 aliphatic carbocycles. The van der Waals surface area contributed by atoms with Crippen molar-refractivity contribution in [1.82, 2.24) is 20.4 Å². The minimum Gasteiger partial charge on any atom is -0.363 e. The second-order valence-corrected chi connectivity index (χ2v) is 7.46. The number of aromatic amines is 2. The number of H-pyrrole nitrogens is 2. The summed E-state index contributed by atoms with van der Waals surface area (Å²) in [5, 5.41) is 13.2. The molecule has 3 heterocycles. The molecule has 6 nitrogen and oxygen atoms in total. The number of benzene rings is 1. The summed E-state index contributed by atoms with van der Waals surface area (Å²) in [6.07, 6.45) is -2.75. The van der Waals surface area contributed by atoms with Crippen molar-refractivity contribution in [3.05, 3.63) is 73.7 Å². The van der Waals surface area contributed by atoms with Gasteiger partial charge in [-0.15, -0.1) is 0 Å². The van der Waals surface area contributed by atoms with E-state index in [9.17, 15) is 22.4 Å². The molecule has 4 rings (SSSR count). The molecule has 0 saturated heterocycles. The third-order valence-corrected chi connectivity index (χ3v) is 5.65. The largest absolute Gasteiger partial charge is 0.416 e. The average molecular weight is 442 g/mol. The minimum atomic E-state index is -4.68. The van der Waals surface area contributed by atoms with Gasteiger partial charge in [-0.2, -0.15) is 23.4 Å². The van der Waals surface area contributed by atoms with Crippen LogP contribution in [-0.4, -0.2) is 26.9 Å². The quantitative estimate of drug-likeness (QED) is 0.602. The molecular formula is C19H16ClF4N5O. The Hall–Kier alpha value is -2.88. The van der Waals surface area contributed by atoms with Crippen molar-refractivity contribution < 1.29 is 17.6 Å². The molecule has 1 atom stereocenters. The highest BCUT2D eigenvalue weighted by atomic mass is 35.5. The lowest BCUT2D eigenvalue weighted by Crippen LogP contribution is -2.32. The van der Waals surface area contributed by atoms with Crippen LogP contribution in [-0.2, 0) is 19.1 Å². The van der Waals surface area contributed by atoms with Crippen LogP contribution in [0.1, 0.15) is 40.9 Å². The van der Waals surface area contributed by atoms with Crippen LogP contribution in [0.3, 0.4) is 0 Å². The number of nitrogens with zero attached hydrogens (tertiary/aromatic N) is 3. The predicted molar refractivity (Wildman–Crippen MR) is 102 cm³/mol. The van der Waals surface area contributed by atoms with E-state index in [-0.39, 0.29) is 10.6 Å². The van der Waals surface area contributed by atoms with Gasteiger partial charge in [0.15, 0.2) is 0 Å². The van der Waals surface area contributed by atoms with Crippen LogP contribution in [0.5, 0.6) is 0 Å². The molecular weight excluding hydrogens is 426 g/mol. The molecule has 2 aromatic heterocycles. The van der Waals surface area contributed by atoms with Gasteiger partial charge >= 0.3 is 6.18 Å². The number of nitrogens with one attached hydrogen (secondary N) is 2. The first kappa shape index (κ1) is 20.4. The number of fused-ring (bicyclic) bond motifs is 1. The molecule has 0 amide bonds. The van der Waals surface area contributed by atoms with E-state index in [1.54, 1.807) is 6.92 Å². The maximum Gasteiger partial charge on any atom is 0.416 e. The summed E-state index contributed by atoms with van der Waals surface area (Å²) >= 11 is 6.07. The molecule has 0 saturated carbocycles. The van der Waals surface area contributed by atoms with Crippen LogP contribution in [0.25, 0.3) is 0 Å². The van der Waals surface area contributed by atoms with E-state index in [1.165, 1.54) is 6.20 Å². The van der Waals surface area contributed by atoms with E-state index in [2.05, 4.69) is 20.4 Å². The van der Waals surface area contributed by atoms with Gasteiger partial charge in [-0.3, -0.25) is 9.89 Å². The van der Waals surface area contributed by atoms with Crippen LogP contribution in [0, 0.1) is 5.82 Å². The van der Waals surface area contributed by atoms with Crippen molar-refractivity contribution in [3.63, 3.8) is 0 Å². The van der Waals surface area contributed by atoms with Crippen LogP contribution in [0.15, 0.2) is 29.2 Å². The number of halogens is 5. The summed E-state index contributed by atoms with van der Waals surface area (Å²) in [4.78, 5) is 13.5. The van der Waals surface area contributed by atoms with E-state index < -0.39 is 29.0 Å². The number of aromatic nitrogens is 4. The fourth-order valence-electron chi connectivity index (χ4n) is 3.80. The van der Waals surface area contributed by atoms with Crippen molar-refractivity contribution in [1.29, 1.82) is 0 Å². The Morgan fingerprint density at radius 3 is 2.77 bits per heavy atom. The Balaban J connectivity index is 1.67. The Morgan fingerprint density at radius 2 is 2.03 bits per heavy atom. The molecule has 30 heavy (non-hydrogen) atoms. The average Bonchev–Trinajstić information content (AvgIpc) is 3.12. The van der Waals surface area contributed by atoms with E-state index in [1.807, 2.05) is 4.90 Å². The summed E-state index contributed by atoms with van der Waals surface area (Å²) in [5.41, 5.74) is 0.924. The van der Waals surface area contributed by atoms with Gasteiger partial charge in [0.25, 0.3) is 5.56 Å². The number of alkyl halides is 3. The molecule has 158 valence electrons. The molecule has 3 aromatic rings. The van der Waals surface area contributed by atoms with E-state index in [0.717, 1.165) is 23.4 Å². The molecule has 1 aliphatic rings. The van der Waals surface area contributed by atoms with E-state index >= 15 is 0 Å². The molecule has 2 N–H and O–H groups in total. The molecule has 11 heteroatoms. The van der Waals surface area contributed by atoms with Gasteiger partial charge in [0.1, 0.15) is 10.8 Å². The number of hydrogen-bond donors (Lipinski definition) is 2. The third-order valence-electron chi connectivity index (χ3n) is 5.28. The Labute approximate surface area is 172 Å². The van der Waals surface area contributed by atoms with Crippen molar-refractivity contribution >= 4 is 17.3 Å². The predicted octanol–water partition coefficient (Wildman–Crippen LogP) is 4.02. The molecule has 0 radical (unpaired) electrons. The van der Waals surface area contributed by atoms with E-state index in [0.29, 0.717) is 37.0 Å². The highest BCUT2D eigenvalue weighted by Gasteiger charge is 2.36. The van der Waals surface area contributed by atoms with Crippen LogP contribution in [0.4, 0.5) is 23.2 Å². The Kier molecular flexibility index (Phi) is 5.05. The highest BCUT2D eigenvalue weighted by Crippen LogP contribution is 2.39. The summed E-state index contributed by atoms with van der Waals surface area (Å²) in [6.45, 7) is 2.44. The SMILES string of the molecule is C[C@@H](c1ccc(F)cc1C(F)(F)F)c1n[nH]c2c1CCN(c1cn[nH]c(=O)c1Cl)C2. The second kappa shape index (κ2) is 7.42. The van der Waals surface area contributed by atoms with Gasteiger partial charge in [-0.1, -0.05) is 24.6 Å². The summed E-state index contributed by atoms with van der Waals surface area (Å²) in [6, 6.07) is 2.68. The smallest absolute Gasteiger partial charge is 0.363 e. The van der Waals surface area contributed by atoms with Crippen LogP contribution >= 0.6 is 11.6 Å². The van der Waals surface area contributed by atoms with Crippen molar-refractivity contribution in [3.8, 4) is 0 Å². The number of hydrogen-bond acceptors (Lipinski definition) is 4. The van der Waals surface area contributed by atoms with Crippen LogP contribution < -0.4 is 10.5 Å². The topological polar surface area (TPSA) is 77.7 Å². The Morgan fingerprint density at radius 1 is 1.27 bits per heavy atom. The summed E-state index contributed by atoms with van der Waals surface area (Å²) in [7, 11) is 0. The van der Waals surface area contributed by atoms with E-state index in [4.69, 9.17) is 11.6 Å². The summed E-state index contributed by atoms with van der Waals surface area (Å²) < 4.78 is 53.7. The van der Waals surface area contributed by atoms with Gasteiger partial charge in [-0.25, -0.2) is 9.49 Å². The zero-order valence-corrected chi connectivity index (χ0v) is 16.4. The fraction of sp³-hybridized carbons (Fsp3) is 0.316. The normalized spacial score (nSPS) is 15.2. The van der Waals surface area contributed by atoms with Gasteiger partial charge in [0, 0.05) is 18.0 Å². The first-order valence-corrected chi connectivity index (χ1v) is 9.45. The molecule has 0 unspecified atom stereocenters. The summed E-state index contributed by atoms with van der Waals surface area (Å²) in [5.74, 6) is -1.64. The van der Waals surface area contributed by atoms with Gasteiger partial charge in [0.2, 0.25) is 0 Å². The molecule has 0 fully saturated rings. The van der Waals surface area contributed by atoms with Crippen molar-refractivity contribution in [2.75, 3.05) is 11.4 Å².